The fourth-order valence-corrected chi connectivity index (χ4v) is 4.94. The van der Waals surface area contributed by atoms with Gasteiger partial charge >= 0.3 is 0 Å². The van der Waals surface area contributed by atoms with Crippen molar-refractivity contribution in [2.24, 2.45) is 5.92 Å². The summed E-state index contributed by atoms with van der Waals surface area (Å²) in [5, 5.41) is 0. The first kappa shape index (κ1) is 17.9. The van der Waals surface area contributed by atoms with Crippen LogP contribution in [0.2, 0.25) is 0 Å². The first-order chi connectivity index (χ1) is 11.9. The van der Waals surface area contributed by atoms with Crippen LogP contribution in [-0.2, 0) is 26.0 Å². The zero-order valence-electron chi connectivity index (χ0n) is 14.4. The molecule has 2 heterocycles. The van der Waals surface area contributed by atoms with E-state index in [1.54, 1.807) is 4.90 Å². The van der Waals surface area contributed by atoms with Gasteiger partial charge in [-0.25, -0.2) is 12.7 Å². The molecule has 136 valence electrons. The number of piperidine rings is 1. The summed E-state index contributed by atoms with van der Waals surface area (Å²) >= 11 is 0. The minimum absolute atomic E-state index is 0.119. The second-order valence-electron chi connectivity index (χ2n) is 6.97. The van der Waals surface area contributed by atoms with Crippen LogP contribution in [0.4, 0.5) is 0 Å². The highest BCUT2D eigenvalue weighted by Crippen LogP contribution is 2.27. The summed E-state index contributed by atoms with van der Waals surface area (Å²) in [6.07, 6.45) is 4.20. The topological polar surface area (TPSA) is 74.8 Å². The van der Waals surface area contributed by atoms with Gasteiger partial charge in [0.25, 0.3) is 0 Å². The van der Waals surface area contributed by atoms with Gasteiger partial charge in [0, 0.05) is 19.5 Å². The Balaban J connectivity index is 1.59. The normalized spacial score (nSPS) is 22.4. The molecule has 2 saturated heterocycles. The van der Waals surface area contributed by atoms with Crippen LogP contribution in [-0.4, -0.2) is 54.8 Å². The van der Waals surface area contributed by atoms with Crippen LogP contribution in [0.3, 0.4) is 0 Å². The van der Waals surface area contributed by atoms with Gasteiger partial charge in [0.05, 0.1) is 6.26 Å². The van der Waals surface area contributed by atoms with Gasteiger partial charge in [-0.1, -0.05) is 30.3 Å². The van der Waals surface area contributed by atoms with E-state index in [0.717, 1.165) is 29.8 Å². The van der Waals surface area contributed by atoms with E-state index >= 15 is 0 Å². The van der Waals surface area contributed by atoms with E-state index in [1.165, 1.54) is 5.56 Å². The van der Waals surface area contributed by atoms with Crippen molar-refractivity contribution in [3.05, 3.63) is 35.9 Å². The number of likely N-dealkylation sites (tertiary alicyclic amines) is 1. The molecule has 2 aliphatic heterocycles. The molecule has 1 unspecified atom stereocenters. The molecule has 0 spiro atoms. The quantitative estimate of drug-likeness (QED) is 0.810. The molecule has 0 aliphatic carbocycles. The molecule has 0 radical (unpaired) electrons. The number of nitrogens with zero attached hydrogens (tertiary/aromatic N) is 2. The average Bonchev–Trinajstić information content (AvgIpc) is 2.98. The third kappa shape index (κ3) is 4.03. The van der Waals surface area contributed by atoms with Crippen LogP contribution >= 0.6 is 0 Å². The number of sulfonamides is 1. The summed E-state index contributed by atoms with van der Waals surface area (Å²) in [6, 6.07) is 9.45. The lowest BCUT2D eigenvalue weighted by molar-refractivity contribution is -0.138. The van der Waals surface area contributed by atoms with Gasteiger partial charge in [0.2, 0.25) is 21.8 Å². The van der Waals surface area contributed by atoms with E-state index in [-0.39, 0.29) is 18.7 Å². The highest BCUT2D eigenvalue weighted by Gasteiger charge is 2.43. The lowest BCUT2D eigenvalue weighted by Crippen LogP contribution is -2.50. The Labute approximate surface area is 148 Å². The molecule has 25 heavy (non-hydrogen) atoms. The molecular weight excluding hydrogens is 340 g/mol. The van der Waals surface area contributed by atoms with Crippen molar-refractivity contribution in [2.45, 2.75) is 38.1 Å². The maximum Gasteiger partial charge on any atom is 0.246 e. The number of hydrogen-bond donors (Lipinski definition) is 0. The minimum Gasteiger partial charge on any atom is -0.341 e. The van der Waals surface area contributed by atoms with Gasteiger partial charge in [-0.3, -0.25) is 9.59 Å². The van der Waals surface area contributed by atoms with E-state index in [0.29, 0.717) is 19.0 Å². The largest absolute Gasteiger partial charge is 0.341 e. The van der Waals surface area contributed by atoms with Crippen LogP contribution in [0.5, 0.6) is 0 Å². The second kappa shape index (κ2) is 7.15. The smallest absolute Gasteiger partial charge is 0.246 e. The fourth-order valence-electron chi connectivity index (χ4n) is 3.82. The molecule has 0 bridgehead atoms. The summed E-state index contributed by atoms with van der Waals surface area (Å²) in [7, 11) is -3.70. The zero-order valence-corrected chi connectivity index (χ0v) is 15.2. The Hall–Kier alpha value is -1.89. The second-order valence-corrected chi connectivity index (χ2v) is 8.82. The van der Waals surface area contributed by atoms with Crippen molar-refractivity contribution in [3.8, 4) is 0 Å². The molecule has 1 atom stereocenters. The standard InChI is InChI=1S/C18H24N2O4S/c1-25(23,24)20-16(7-8-17(20)21)18(22)19-11-9-15(10-12-19)13-14-5-3-2-4-6-14/h2-6,15-16H,7-13H2,1H3. The minimum atomic E-state index is -3.70. The Morgan fingerprint density at radius 3 is 2.36 bits per heavy atom. The van der Waals surface area contributed by atoms with Crippen molar-refractivity contribution >= 4 is 21.8 Å². The Kier molecular flexibility index (Phi) is 5.13. The van der Waals surface area contributed by atoms with Crippen LogP contribution in [0.25, 0.3) is 0 Å². The summed E-state index contributed by atoms with van der Waals surface area (Å²) in [5.74, 6) is -0.170. The highest BCUT2D eigenvalue weighted by atomic mass is 32.2. The maximum atomic E-state index is 12.7. The lowest BCUT2D eigenvalue weighted by Gasteiger charge is -2.35. The molecule has 0 saturated carbocycles. The van der Waals surface area contributed by atoms with E-state index < -0.39 is 22.0 Å². The van der Waals surface area contributed by atoms with Gasteiger partial charge in [0.15, 0.2) is 0 Å². The zero-order chi connectivity index (χ0) is 18.0. The molecular formula is C18H24N2O4S. The number of hydrogen-bond acceptors (Lipinski definition) is 4. The third-order valence-electron chi connectivity index (χ3n) is 5.10. The van der Waals surface area contributed by atoms with Crippen LogP contribution in [0.15, 0.2) is 30.3 Å². The van der Waals surface area contributed by atoms with Gasteiger partial charge in [0.1, 0.15) is 6.04 Å². The number of amides is 2. The molecule has 7 heteroatoms. The van der Waals surface area contributed by atoms with Gasteiger partial charge in [-0.2, -0.15) is 0 Å². The molecule has 0 aromatic heterocycles. The van der Waals surface area contributed by atoms with E-state index in [4.69, 9.17) is 0 Å². The summed E-state index contributed by atoms with van der Waals surface area (Å²) in [4.78, 5) is 26.3. The number of rotatable bonds is 4. The first-order valence-electron chi connectivity index (χ1n) is 8.71. The molecule has 3 rings (SSSR count). The molecule has 0 N–H and O–H groups in total. The number of benzene rings is 1. The predicted octanol–water partition coefficient (Wildman–Crippen LogP) is 1.42. The first-order valence-corrected chi connectivity index (χ1v) is 10.6. The molecule has 2 aliphatic rings. The molecule has 1 aromatic rings. The van der Waals surface area contributed by atoms with E-state index in [1.807, 2.05) is 18.2 Å². The van der Waals surface area contributed by atoms with Gasteiger partial charge in [-0.05, 0) is 37.2 Å². The Morgan fingerprint density at radius 1 is 1.12 bits per heavy atom. The third-order valence-corrected chi connectivity index (χ3v) is 6.27. The number of carbonyl (C=O) groups excluding carboxylic acids is 2. The van der Waals surface area contributed by atoms with Crippen molar-refractivity contribution in [2.75, 3.05) is 19.3 Å². The predicted molar refractivity (Wildman–Crippen MR) is 94.2 cm³/mol. The summed E-state index contributed by atoms with van der Waals surface area (Å²) < 4.78 is 24.4. The van der Waals surface area contributed by atoms with Gasteiger partial charge < -0.3 is 4.90 Å². The van der Waals surface area contributed by atoms with E-state index in [2.05, 4.69) is 12.1 Å². The maximum absolute atomic E-state index is 12.7. The molecule has 2 amide bonds. The molecule has 6 nitrogen and oxygen atoms in total. The van der Waals surface area contributed by atoms with Crippen LogP contribution < -0.4 is 0 Å². The van der Waals surface area contributed by atoms with Crippen LogP contribution in [0, 0.1) is 5.92 Å². The number of carbonyl (C=O) groups is 2. The van der Waals surface area contributed by atoms with Crippen molar-refractivity contribution in [1.82, 2.24) is 9.21 Å². The summed E-state index contributed by atoms with van der Waals surface area (Å²) in [5.41, 5.74) is 1.30. The Bertz CT molecular complexity index is 740. The van der Waals surface area contributed by atoms with Gasteiger partial charge in [-0.15, -0.1) is 0 Å². The summed E-state index contributed by atoms with van der Waals surface area (Å²) in [6.45, 7) is 1.25. The highest BCUT2D eigenvalue weighted by molar-refractivity contribution is 7.89. The molecule has 2 fully saturated rings. The SMILES string of the molecule is CS(=O)(=O)N1C(=O)CCC1C(=O)N1CCC(Cc2ccccc2)CC1. The van der Waals surface area contributed by atoms with Crippen molar-refractivity contribution in [3.63, 3.8) is 0 Å². The molecule has 1 aromatic carbocycles. The van der Waals surface area contributed by atoms with Crippen molar-refractivity contribution in [1.29, 1.82) is 0 Å². The monoisotopic (exact) mass is 364 g/mol. The lowest BCUT2D eigenvalue weighted by atomic mass is 9.90. The fraction of sp³-hybridized carbons (Fsp3) is 0.556. The van der Waals surface area contributed by atoms with Crippen LogP contribution in [0.1, 0.15) is 31.2 Å². The van der Waals surface area contributed by atoms with E-state index in [9.17, 15) is 18.0 Å². The average molecular weight is 364 g/mol. The van der Waals surface area contributed by atoms with Crippen molar-refractivity contribution < 1.29 is 18.0 Å². The Morgan fingerprint density at radius 2 is 1.76 bits per heavy atom.